The molecular weight excluding hydrogens is 677 g/mol. The minimum atomic E-state index is -0.724. The highest BCUT2D eigenvalue weighted by Gasteiger charge is 2.30. The number of hydrogen-bond donors (Lipinski definition) is 0. The Morgan fingerprint density at radius 1 is 0.759 bits per heavy atom. The molecule has 2 atom stereocenters. The normalized spacial score (nSPS) is 16.6. The van der Waals surface area contributed by atoms with Crippen molar-refractivity contribution in [3.63, 3.8) is 0 Å². The lowest BCUT2D eigenvalue weighted by Gasteiger charge is -2.29. The van der Waals surface area contributed by atoms with Gasteiger partial charge >= 0.3 is 11.9 Å². The van der Waals surface area contributed by atoms with Gasteiger partial charge in [0.2, 0.25) is 0 Å². The van der Waals surface area contributed by atoms with Crippen LogP contribution in [0.1, 0.15) is 115 Å². The lowest BCUT2D eigenvalue weighted by Crippen LogP contribution is -2.22. The summed E-state index contributed by atoms with van der Waals surface area (Å²) in [7, 11) is 0. The van der Waals surface area contributed by atoms with E-state index >= 15 is 0 Å². The maximum absolute atomic E-state index is 13.8. The predicted molar refractivity (Wildman–Crippen MR) is 213 cm³/mol. The molecule has 284 valence electrons. The number of esters is 2. The molecule has 1 aliphatic carbocycles. The van der Waals surface area contributed by atoms with Crippen LogP contribution in [-0.4, -0.2) is 31.9 Å². The van der Waals surface area contributed by atoms with E-state index in [-0.39, 0.29) is 13.4 Å². The molecule has 7 heteroatoms. The number of hydrogen-bond acceptors (Lipinski definition) is 7. The van der Waals surface area contributed by atoms with Crippen molar-refractivity contribution in [3.8, 4) is 5.75 Å². The van der Waals surface area contributed by atoms with Crippen LogP contribution in [0, 0.1) is 5.92 Å². The molecule has 5 rings (SSSR count). The smallest absolute Gasteiger partial charge is 0.338 e. The molecule has 54 heavy (non-hydrogen) atoms. The van der Waals surface area contributed by atoms with Crippen LogP contribution in [0.3, 0.4) is 0 Å². The first-order chi connectivity index (χ1) is 26.5. The number of carbonyl (C=O) groups excluding carboxylic acids is 2. The number of unbranched alkanes of at least 4 members (excludes halogenated alkanes) is 2. The van der Waals surface area contributed by atoms with Crippen LogP contribution in [-0.2, 0) is 23.7 Å². The Balaban J connectivity index is 1.18. The third-order valence-corrected chi connectivity index (χ3v) is 9.97. The van der Waals surface area contributed by atoms with Crippen LogP contribution in [0.25, 0.3) is 6.08 Å². The summed E-state index contributed by atoms with van der Waals surface area (Å²) in [6.45, 7) is 6.28. The van der Waals surface area contributed by atoms with Gasteiger partial charge in [0.25, 0.3) is 0 Å². The first kappa shape index (κ1) is 40.1. The van der Waals surface area contributed by atoms with Crippen LogP contribution in [0.5, 0.6) is 5.75 Å². The highest BCUT2D eigenvalue weighted by atomic mass is 16.7. The van der Waals surface area contributed by atoms with E-state index in [0.29, 0.717) is 30.3 Å². The van der Waals surface area contributed by atoms with Gasteiger partial charge in [-0.1, -0.05) is 124 Å². The average molecular weight is 731 g/mol. The van der Waals surface area contributed by atoms with Gasteiger partial charge in [-0.3, -0.25) is 0 Å². The van der Waals surface area contributed by atoms with Gasteiger partial charge in [0, 0.05) is 12.5 Å². The van der Waals surface area contributed by atoms with Gasteiger partial charge < -0.3 is 23.7 Å². The molecule has 0 heterocycles. The molecule has 0 N–H and O–H groups in total. The van der Waals surface area contributed by atoms with E-state index in [9.17, 15) is 9.59 Å². The first-order valence-electron chi connectivity index (χ1n) is 19.4. The summed E-state index contributed by atoms with van der Waals surface area (Å²) in [5.74, 6) is 1.28. The van der Waals surface area contributed by atoms with E-state index in [1.807, 2.05) is 103 Å². The molecule has 0 aliphatic heterocycles. The van der Waals surface area contributed by atoms with Crippen LogP contribution in [0.15, 0.2) is 128 Å². The maximum atomic E-state index is 13.8. The Hall–Kier alpha value is -5.14. The molecule has 0 spiro atoms. The van der Waals surface area contributed by atoms with Crippen LogP contribution < -0.4 is 4.74 Å². The summed E-state index contributed by atoms with van der Waals surface area (Å²) >= 11 is 0. The van der Waals surface area contributed by atoms with Crippen molar-refractivity contribution in [2.24, 2.45) is 5.92 Å². The van der Waals surface area contributed by atoms with Gasteiger partial charge in [-0.05, 0) is 90.1 Å². The fourth-order valence-electron chi connectivity index (χ4n) is 6.93. The molecule has 0 unspecified atom stereocenters. The molecule has 0 saturated heterocycles. The van der Waals surface area contributed by atoms with E-state index in [1.165, 1.54) is 56.9 Å². The topological polar surface area (TPSA) is 80.3 Å². The molecule has 1 fully saturated rings. The fraction of sp³-hybridized carbons (Fsp3) is 0.362. The van der Waals surface area contributed by atoms with E-state index in [0.717, 1.165) is 28.7 Å². The summed E-state index contributed by atoms with van der Waals surface area (Å²) < 4.78 is 29.1. The van der Waals surface area contributed by atoms with Crippen molar-refractivity contribution in [3.05, 3.63) is 156 Å². The Morgan fingerprint density at radius 2 is 1.43 bits per heavy atom. The van der Waals surface area contributed by atoms with Crippen molar-refractivity contribution in [2.75, 3.05) is 20.0 Å². The Labute approximate surface area is 321 Å². The number of ether oxygens (including phenoxy) is 5. The van der Waals surface area contributed by atoms with Gasteiger partial charge in [0.15, 0.2) is 12.9 Å². The molecule has 1 aliphatic rings. The predicted octanol–water partition coefficient (Wildman–Crippen LogP) is 11.3. The zero-order valence-electron chi connectivity index (χ0n) is 31.5. The van der Waals surface area contributed by atoms with E-state index in [4.69, 9.17) is 23.7 Å². The third-order valence-electron chi connectivity index (χ3n) is 9.97. The molecule has 4 aromatic rings. The summed E-state index contributed by atoms with van der Waals surface area (Å²) in [6, 6.07) is 35.0. The SMILES string of the molecule is C=CC(=O)OCCCOc1ccc(/C=C/OCO[C@@H](c2ccccc2)[C@@H](OC(=O)c2ccc(C3CCC(CCCCC)CC3)cc2)c2ccccc2)cc1. The van der Waals surface area contributed by atoms with Crippen LogP contribution in [0.4, 0.5) is 0 Å². The van der Waals surface area contributed by atoms with Gasteiger partial charge in [0.05, 0.1) is 25.0 Å². The standard InChI is InChI=1S/C47H54O7/c1-3-5-8-14-36-19-23-38(24-20-36)39-25-27-42(28-26-39)47(49)54-46(41-17-11-7-12-18-41)45(40-15-9-6-10-16-40)53-35-50-34-31-37-21-29-43(30-22-37)51-32-13-33-52-44(48)4-2/h4,6-7,9-12,15-18,21-22,25-31,34,36,38,45-46H,2-3,5,8,13-14,19-20,23-24,32-33,35H2,1H3/b34-31+/t36?,38?,45-,46-/m0/s1. The summed E-state index contributed by atoms with van der Waals surface area (Å²) in [4.78, 5) is 24.9. The second-order valence-corrected chi connectivity index (χ2v) is 13.8. The minimum Gasteiger partial charge on any atom is -0.493 e. The summed E-state index contributed by atoms with van der Waals surface area (Å²) in [6.07, 6.45) is 14.1. The van der Waals surface area contributed by atoms with Gasteiger partial charge in [-0.15, -0.1) is 0 Å². The van der Waals surface area contributed by atoms with Gasteiger partial charge in [0.1, 0.15) is 11.9 Å². The van der Waals surface area contributed by atoms with Crippen molar-refractivity contribution in [1.82, 2.24) is 0 Å². The zero-order chi connectivity index (χ0) is 37.8. The van der Waals surface area contributed by atoms with E-state index < -0.39 is 24.1 Å². The second-order valence-electron chi connectivity index (χ2n) is 13.8. The Morgan fingerprint density at radius 3 is 2.07 bits per heavy atom. The maximum Gasteiger partial charge on any atom is 0.338 e. The van der Waals surface area contributed by atoms with Crippen molar-refractivity contribution < 1.29 is 33.3 Å². The lowest BCUT2D eigenvalue weighted by molar-refractivity contribution is -0.137. The first-order valence-corrected chi connectivity index (χ1v) is 19.4. The Bertz CT molecular complexity index is 1710. The molecule has 7 nitrogen and oxygen atoms in total. The van der Waals surface area contributed by atoms with Gasteiger partial charge in [-0.25, -0.2) is 9.59 Å². The molecule has 0 amide bonds. The fourth-order valence-corrected chi connectivity index (χ4v) is 6.93. The summed E-state index contributed by atoms with van der Waals surface area (Å²) in [5, 5.41) is 0. The highest BCUT2D eigenvalue weighted by molar-refractivity contribution is 5.89. The molecule has 1 saturated carbocycles. The average Bonchev–Trinajstić information content (AvgIpc) is 3.22. The van der Waals surface area contributed by atoms with Crippen LogP contribution in [0.2, 0.25) is 0 Å². The highest BCUT2D eigenvalue weighted by Crippen LogP contribution is 2.39. The van der Waals surface area contributed by atoms with Crippen molar-refractivity contribution in [2.45, 2.75) is 82.8 Å². The third kappa shape index (κ3) is 12.8. The van der Waals surface area contributed by atoms with E-state index in [2.05, 4.69) is 25.6 Å². The van der Waals surface area contributed by atoms with Gasteiger partial charge in [-0.2, -0.15) is 0 Å². The quantitative estimate of drug-likeness (QED) is 0.0277. The minimum absolute atomic E-state index is 0.0654. The van der Waals surface area contributed by atoms with Crippen molar-refractivity contribution >= 4 is 18.0 Å². The number of carbonyl (C=O) groups is 2. The molecular formula is C47H54O7. The molecule has 0 bridgehead atoms. The summed E-state index contributed by atoms with van der Waals surface area (Å²) in [5.41, 5.74) is 4.42. The Kier molecular flexibility index (Phi) is 16.4. The van der Waals surface area contributed by atoms with Crippen molar-refractivity contribution in [1.29, 1.82) is 0 Å². The molecule has 4 aromatic carbocycles. The molecule has 0 radical (unpaired) electrons. The monoisotopic (exact) mass is 730 g/mol. The van der Waals surface area contributed by atoms with Crippen LogP contribution >= 0.6 is 0 Å². The van der Waals surface area contributed by atoms with E-state index in [1.54, 1.807) is 6.26 Å². The largest absolute Gasteiger partial charge is 0.493 e. The second kappa shape index (κ2) is 22.2. The number of benzene rings is 4. The zero-order valence-corrected chi connectivity index (χ0v) is 31.5. The lowest BCUT2D eigenvalue weighted by atomic mass is 9.77. The number of rotatable bonds is 21. The molecule has 0 aromatic heterocycles.